The van der Waals surface area contributed by atoms with Crippen LogP contribution < -0.4 is 10.9 Å². The van der Waals surface area contributed by atoms with E-state index in [9.17, 15) is 4.79 Å². The van der Waals surface area contributed by atoms with Crippen LogP contribution in [0.4, 0.5) is 0 Å². The molecule has 6 heteroatoms. The molecule has 138 valence electrons. The molecule has 1 N–H and O–H groups in total. The van der Waals surface area contributed by atoms with Gasteiger partial charge in [0.2, 0.25) is 0 Å². The molecule has 2 aromatic heterocycles. The van der Waals surface area contributed by atoms with Gasteiger partial charge in [-0.25, -0.2) is 9.97 Å². The van der Waals surface area contributed by atoms with E-state index in [1.54, 1.807) is 4.57 Å². The smallest absolute Gasteiger partial charge is 0.267 e. The van der Waals surface area contributed by atoms with Crippen molar-refractivity contribution in [2.75, 3.05) is 7.05 Å². The molecule has 0 radical (unpaired) electrons. The number of aromatic nitrogens is 3. The number of oxazole rings is 1. The molecule has 0 bridgehead atoms. The van der Waals surface area contributed by atoms with E-state index in [4.69, 9.17) is 9.40 Å². The summed E-state index contributed by atoms with van der Waals surface area (Å²) in [5, 5.41) is 3.65. The predicted molar refractivity (Wildman–Crippen MR) is 107 cm³/mol. The van der Waals surface area contributed by atoms with Crippen LogP contribution in [0.5, 0.6) is 0 Å². The molecule has 1 unspecified atom stereocenters. The summed E-state index contributed by atoms with van der Waals surface area (Å²) in [4.78, 5) is 22.3. The van der Waals surface area contributed by atoms with E-state index >= 15 is 0 Å². The zero-order chi connectivity index (χ0) is 19.5. The first-order chi connectivity index (χ1) is 13.7. The van der Waals surface area contributed by atoms with Gasteiger partial charge in [-0.3, -0.25) is 9.36 Å². The largest absolute Gasteiger partial charge is 0.450 e. The summed E-state index contributed by atoms with van der Waals surface area (Å²) in [6.07, 6.45) is 2.79. The molecule has 0 fully saturated rings. The molecular weight excluding hydrogens is 352 g/mol. The van der Waals surface area contributed by atoms with Gasteiger partial charge in [-0.05, 0) is 44.2 Å². The molecule has 0 saturated heterocycles. The lowest BCUT2D eigenvalue weighted by Gasteiger charge is -2.18. The first-order valence-corrected chi connectivity index (χ1v) is 8.87. The van der Waals surface area contributed by atoms with Crippen LogP contribution in [0.2, 0.25) is 0 Å². The third-order valence-electron chi connectivity index (χ3n) is 4.52. The number of rotatable bonds is 3. The topological polar surface area (TPSA) is 73.0 Å². The molecule has 0 spiro atoms. The minimum Gasteiger partial charge on any atom is -0.450 e. The highest BCUT2D eigenvalue weighted by atomic mass is 16.3. The summed E-state index contributed by atoms with van der Waals surface area (Å²) in [5.41, 5.74) is 2.33. The Morgan fingerprint density at radius 1 is 1.11 bits per heavy atom. The Balaban J connectivity index is 2.02. The fraction of sp³-hybridized carbons (Fsp3) is 0.136. The van der Waals surface area contributed by atoms with Crippen molar-refractivity contribution in [3.05, 3.63) is 88.6 Å². The number of nitrogens with zero attached hydrogens (tertiary/aromatic N) is 3. The van der Waals surface area contributed by atoms with E-state index in [0.717, 1.165) is 5.69 Å². The SMILES string of the molecule is CNC(C)c1nc2cccc(C#Cc3cocn3)c2c(=O)n1-c1ccccc1. The molecule has 0 saturated carbocycles. The van der Waals surface area contributed by atoms with Gasteiger partial charge in [0.05, 0.1) is 22.6 Å². The summed E-state index contributed by atoms with van der Waals surface area (Å²) in [7, 11) is 1.84. The van der Waals surface area contributed by atoms with Crippen LogP contribution >= 0.6 is 0 Å². The zero-order valence-corrected chi connectivity index (χ0v) is 15.5. The van der Waals surface area contributed by atoms with Crippen LogP contribution in [-0.2, 0) is 0 Å². The minimum atomic E-state index is -0.154. The van der Waals surface area contributed by atoms with Gasteiger partial charge in [-0.2, -0.15) is 0 Å². The molecule has 2 aromatic carbocycles. The first-order valence-electron chi connectivity index (χ1n) is 8.87. The second-order valence-corrected chi connectivity index (χ2v) is 6.28. The van der Waals surface area contributed by atoms with Crippen molar-refractivity contribution in [3.63, 3.8) is 0 Å². The van der Waals surface area contributed by atoms with Crippen molar-refractivity contribution in [1.82, 2.24) is 19.9 Å². The van der Waals surface area contributed by atoms with Crippen molar-refractivity contribution in [2.45, 2.75) is 13.0 Å². The van der Waals surface area contributed by atoms with Crippen LogP contribution in [0, 0.1) is 11.8 Å². The van der Waals surface area contributed by atoms with Crippen LogP contribution in [0.15, 0.2) is 70.4 Å². The minimum absolute atomic E-state index is 0.109. The van der Waals surface area contributed by atoms with E-state index in [1.807, 2.05) is 62.5 Å². The monoisotopic (exact) mass is 370 g/mol. The summed E-state index contributed by atoms with van der Waals surface area (Å²) < 4.78 is 6.59. The standard InChI is InChI=1S/C22H18N4O2/c1-15(23-2)21-25-19-10-6-7-16(11-12-17-13-28-14-24-17)20(19)22(27)26(21)18-8-4-3-5-9-18/h3-10,13-15,23H,1-2H3. The van der Waals surface area contributed by atoms with Gasteiger partial charge in [0.15, 0.2) is 12.1 Å². The summed E-state index contributed by atoms with van der Waals surface area (Å²) in [6.45, 7) is 1.97. The maximum atomic E-state index is 13.5. The highest BCUT2D eigenvalue weighted by molar-refractivity contribution is 5.84. The van der Waals surface area contributed by atoms with Crippen molar-refractivity contribution < 1.29 is 4.42 Å². The maximum absolute atomic E-state index is 13.5. The van der Waals surface area contributed by atoms with Gasteiger partial charge in [-0.1, -0.05) is 30.2 Å². The van der Waals surface area contributed by atoms with E-state index in [2.05, 4.69) is 22.1 Å². The van der Waals surface area contributed by atoms with E-state index < -0.39 is 0 Å². The summed E-state index contributed by atoms with van der Waals surface area (Å²) in [6, 6.07) is 14.9. The number of para-hydroxylation sites is 1. The molecule has 0 amide bonds. The van der Waals surface area contributed by atoms with Crippen LogP contribution in [-0.4, -0.2) is 21.6 Å². The van der Waals surface area contributed by atoms with Gasteiger partial charge < -0.3 is 9.73 Å². The molecule has 6 nitrogen and oxygen atoms in total. The predicted octanol–water partition coefficient (Wildman–Crippen LogP) is 3.05. The molecule has 28 heavy (non-hydrogen) atoms. The lowest BCUT2D eigenvalue weighted by molar-refractivity contribution is 0.557. The molecule has 0 aliphatic heterocycles. The fourth-order valence-electron chi connectivity index (χ4n) is 3.00. The summed E-state index contributed by atoms with van der Waals surface area (Å²) in [5.74, 6) is 6.60. The van der Waals surface area contributed by atoms with Gasteiger partial charge in [0, 0.05) is 5.56 Å². The van der Waals surface area contributed by atoms with Crippen LogP contribution in [0.3, 0.4) is 0 Å². The zero-order valence-electron chi connectivity index (χ0n) is 15.5. The molecule has 2 heterocycles. The van der Waals surface area contributed by atoms with Gasteiger partial charge in [-0.15, -0.1) is 0 Å². The molecule has 4 rings (SSSR count). The first kappa shape index (κ1) is 17.7. The average Bonchev–Trinajstić information content (AvgIpc) is 3.25. The molecule has 0 aliphatic carbocycles. The quantitative estimate of drug-likeness (QED) is 0.561. The third kappa shape index (κ3) is 3.20. The van der Waals surface area contributed by atoms with Crippen molar-refractivity contribution in [2.24, 2.45) is 0 Å². The second-order valence-electron chi connectivity index (χ2n) is 6.28. The fourth-order valence-corrected chi connectivity index (χ4v) is 3.00. The molecule has 0 aliphatic rings. The Morgan fingerprint density at radius 3 is 2.64 bits per heavy atom. The van der Waals surface area contributed by atoms with Gasteiger partial charge >= 0.3 is 0 Å². The average molecular weight is 370 g/mol. The highest BCUT2D eigenvalue weighted by Crippen LogP contribution is 2.19. The van der Waals surface area contributed by atoms with Crippen LogP contribution in [0.25, 0.3) is 16.6 Å². The summed E-state index contributed by atoms with van der Waals surface area (Å²) >= 11 is 0. The lowest BCUT2D eigenvalue weighted by atomic mass is 10.1. The molecule has 4 aromatic rings. The molecular formula is C22H18N4O2. The number of hydrogen-bond donors (Lipinski definition) is 1. The Kier molecular flexibility index (Phi) is 4.75. The van der Waals surface area contributed by atoms with Gasteiger partial charge in [0.1, 0.15) is 12.1 Å². The van der Waals surface area contributed by atoms with E-state index in [1.165, 1.54) is 12.7 Å². The van der Waals surface area contributed by atoms with Crippen molar-refractivity contribution in [1.29, 1.82) is 0 Å². The Morgan fingerprint density at radius 2 is 1.93 bits per heavy atom. The number of benzene rings is 2. The Hall–Kier alpha value is -3.69. The van der Waals surface area contributed by atoms with E-state index in [0.29, 0.717) is 28.0 Å². The lowest BCUT2D eigenvalue weighted by Crippen LogP contribution is -2.29. The second kappa shape index (κ2) is 7.51. The van der Waals surface area contributed by atoms with Gasteiger partial charge in [0.25, 0.3) is 5.56 Å². The Labute approximate surface area is 161 Å². The third-order valence-corrected chi connectivity index (χ3v) is 4.52. The highest BCUT2D eigenvalue weighted by Gasteiger charge is 2.18. The van der Waals surface area contributed by atoms with Crippen molar-refractivity contribution >= 4 is 10.9 Å². The number of nitrogens with one attached hydrogen (secondary N) is 1. The maximum Gasteiger partial charge on any atom is 0.267 e. The molecule has 1 atom stereocenters. The Bertz CT molecular complexity index is 1230. The normalized spacial score (nSPS) is 11.8. The van der Waals surface area contributed by atoms with E-state index in [-0.39, 0.29) is 11.6 Å². The van der Waals surface area contributed by atoms with Crippen LogP contribution in [0.1, 0.15) is 30.0 Å². The van der Waals surface area contributed by atoms with Crippen molar-refractivity contribution in [3.8, 4) is 17.5 Å². The number of hydrogen-bond acceptors (Lipinski definition) is 5. The number of fused-ring (bicyclic) bond motifs is 1.